The Kier molecular flexibility index (Phi) is 1.89. The van der Waals surface area contributed by atoms with Gasteiger partial charge >= 0.3 is 16.6 Å². The quantitative estimate of drug-likeness (QED) is 0.563. The van der Waals surface area contributed by atoms with E-state index in [1.807, 2.05) is 0 Å². The van der Waals surface area contributed by atoms with Gasteiger partial charge in [0, 0.05) is 6.10 Å². The third kappa shape index (κ3) is 0.843. The van der Waals surface area contributed by atoms with E-state index in [0.717, 1.165) is 5.92 Å². The van der Waals surface area contributed by atoms with Crippen molar-refractivity contribution in [1.82, 2.24) is 0 Å². The maximum Gasteiger partial charge on any atom is 0.369 e. The molecule has 3 unspecified atom stereocenters. The van der Waals surface area contributed by atoms with Crippen LogP contribution in [0.25, 0.3) is 0 Å². The van der Waals surface area contributed by atoms with Crippen LogP contribution in [-0.2, 0) is 3.79 Å². The van der Waals surface area contributed by atoms with Crippen molar-refractivity contribution in [2.75, 3.05) is 0 Å². The highest BCUT2D eigenvalue weighted by Crippen LogP contribution is 2.65. The molecule has 2 aliphatic rings. The SMILES string of the molecule is CC1(C)C2CCC1(C)C([O][Al])C2. The molecule has 2 radical (unpaired) electrons. The molecule has 0 saturated heterocycles. The second kappa shape index (κ2) is 2.50. The fourth-order valence-corrected chi connectivity index (χ4v) is 3.75. The Hall–Kier alpha value is 0.492. The summed E-state index contributed by atoms with van der Waals surface area (Å²) in [5.74, 6) is 0.896. The van der Waals surface area contributed by atoms with Crippen LogP contribution in [0.3, 0.4) is 0 Å². The van der Waals surface area contributed by atoms with Gasteiger partial charge in [-0.3, -0.25) is 0 Å². The Balaban J connectivity index is 2.33. The molecule has 12 heavy (non-hydrogen) atoms. The van der Waals surface area contributed by atoms with Crippen molar-refractivity contribution in [3.05, 3.63) is 0 Å². The van der Waals surface area contributed by atoms with Gasteiger partial charge in [-0.05, 0) is 36.0 Å². The summed E-state index contributed by atoms with van der Waals surface area (Å²) in [4.78, 5) is 0. The fraction of sp³-hybridized carbons (Fsp3) is 1.00. The summed E-state index contributed by atoms with van der Waals surface area (Å²) in [6, 6.07) is 0. The van der Waals surface area contributed by atoms with Gasteiger partial charge in [-0.25, -0.2) is 0 Å². The average molecular weight is 180 g/mol. The van der Waals surface area contributed by atoms with Crippen molar-refractivity contribution < 1.29 is 3.79 Å². The lowest BCUT2D eigenvalue weighted by Crippen LogP contribution is -2.36. The molecule has 2 heteroatoms. The molecule has 2 aliphatic carbocycles. The monoisotopic (exact) mass is 180 g/mol. The van der Waals surface area contributed by atoms with Gasteiger partial charge in [0.2, 0.25) is 0 Å². The minimum atomic E-state index is 0.430. The molecule has 2 bridgehead atoms. The topological polar surface area (TPSA) is 9.23 Å². The zero-order valence-electron chi connectivity index (χ0n) is 8.26. The van der Waals surface area contributed by atoms with Crippen LogP contribution in [0.4, 0.5) is 0 Å². The highest BCUT2D eigenvalue weighted by Gasteiger charge is 2.60. The molecule has 0 N–H and O–H groups in total. The second-order valence-electron chi connectivity index (χ2n) is 5.24. The van der Waals surface area contributed by atoms with Crippen LogP contribution in [0, 0.1) is 16.7 Å². The van der Waals surface area contributed by atoms with Gasteiger partial charge in [0.1, 0.15) is 0 Å². The maximum absolute atomic E-state index is 5.50. The lowest BCUT2D eigenvalue weighted by Gasteiger charge is -2.39. The molecule has 2 fully saturated rings. The van der Waals surface area contributed by atoms with E-state index < -0.39 is 0 Å². The van der Waals surface area contributed by atoms with Gasteiger partial charge in [0.25, 0.3) is 0 Å². The fourth-order valence-electron chi connectivity index (χ4n) is 3.34. The van der Waals surface area contributed by atoms with Crippen molar-refractivity contribution in [2.24, 2.45) is 16.7 Å². The van der Waals surface area contributed by atoms with E-state index in [1.165, 1.54) is 19.3 Å². The van der Waals surface area contributed by atoms with Crippen molar-refractivity contribution in [2.45, 2.75) is 46.1 Å². The van der Waals surface area contributed by atoms with Crippen LogP contribution in [0.5, 0.6) is 0 Å². The summed E-state index contributed by atoms with van der Waals surface area (Å²) in [7, 11) is 0. The van der Waals surface area contributed by atoms with Crippen LogP contribution >= 0.6 is 0 Å². The van der Waals surface area contributed by atoms with Crippen LogP contribution in [0.15, 0.2) is 0 Å². The minimum Gasteiger partial charge on any atom is -0.513 e. The second-order valence-corrected chi connectivity index (χ2v) is 5.51. The van der Waals surface area contributed by atoms with Gasteiger partial charge in [-0.2, -0.15) is 0 Å². The van der Waals surface area contributed by atoms with Crippen LogP contribution in [0.1, 0.15) is 40.0 Å². The molecule has 2 rings (SSSR count). The van der Waals surface area contributed by atoms with Gasteiger partial charge in [-0.15, -0.1) is 0 Å². The first-order valence-corrected chi connectivity index (χ1v) is 5.35. The molecule has 0 spiro atoms. The van der Waals surface area contributed by atoms with Crippen molar-refractivity contribution in [1.29, 1.82) is 0 Å². The Morgan fingerprint density at radius 3 is 2.25 bits per heavy atom. The Bertz CT molecular complexity index is 202. The first-order chi connectivity index (χ1) is 5.52. The summed E-state index contributed by atoms with van der Waals surface area (Å²) in [5.41, 5.74) is 0.924. The zero-order valence-corrected chi connectivity index (χ0v) is 9.42. The van der Waals surface area contributed by atoms with Gasteiger partial charge < -0.3 is 3.79 Å². The summed E-state index contributed by atoms with van der Waals surface area (Å²) in [5, 5.41) is 0. The molecule has 0 aliphatic heterocycles. The van der Waals surface area contributed by atoms with E-state index in [2.05, 4.69) is 37.4 Å². The first kappa shape index (κ1) is 9.06. The maximum atomic E-state index is 5.50. The molecule has 0 aromatic rings. The lowest BCUT2D eigenvalue weighted by molar-refractivity contribution is 0.0358. The Morgan fingerprint density at radius 2 is 2.00 bits per heavy atom. The average Bonchev–Trinajstić information content (AvgIpc) is 2.34. The normalized spacial score (nSPS) is 49.9. The molecule has 2 saturated carbocycles. The molecular formula is C10H17AlO. The number of rotatable bonds is 1. The van der Waals surface area contributed by atoms with Crippen molar-refractivity contribution >= 4 is 16.6 Å². The van der Waals surface area contributed by atoms with Crippen molar-refractivity contribution in [3.63, 3.8) is 0 Å². The predicted molar refractivity (Wildman–Crippen MR) is 49.9 cm³/mol. The highest BCUT2D eigenvalue weighted by molar-refractivity contribution is 5.98. The predicted octanol–water partition coefficient (Wildman–Crippen LogP) is 2.30. The molecule has 66 valence electrons. The number of hydrogen-bond donors (Lipinski definition) is 0. The molecule has 1 nitrogen and oxygen atoms in total. The summed E-state index contributed by atoms with van der Waals surface area (Å²) < 4.78 is 5.50. The highest BCUT2D eigenvalue weighted by atomic mass is 27.1. The smallest absolute Gasteiger partial charge is 0.369 e. The van der Waals surface area contributed by atoms with Crippen LogP contribution in [-0.4, -0.2) is 22.7 Å². The Labute approximate surface area is 83.6 Å². The largest absolute Gasteiger partial charge is 0.513 e. The van der Waals surface area contributed by atoms with E-state index in [9.17, 15) is 0 Å². The van der Waals surface area contributed by atoms with Crippen LogP contribution in [0.2, 0.25) is 0 Å². The van der Waals surface area contributed by atoms with Gasteiger partial charge in [-0.1, -0.05) is 20.8 Å². The summed E-state index contributed by atoms with van der Waals surface area (Å²) in [6.45, 7) is 7.22. The standard InChI is InChI=1S/C10H17O.Al/c1-9(2)7-4-5-10(9,3)8(11)6-7;/h7-8H,4-6H2,1-3H3;/q-1;+1. The van der Waals surface area contributed by atoms with Gasteiger partial charge in [0.05, 0.1) is 0 Å². The number of hydrogen-bond acceptors (Lipinski definition) is 1. The third-order valence-corrected chi connectivity index (χ3v) is 5.21. The summed E-state index contributed by atoms with van der Waals surface area (Å²) in [6.07, 6.45) is 4.52. The minimum absolute atomic E-state index is 0.430. The molecular weight excluding hydrogens is 163 g/mol. The molecule has 0 aromatic carbocycles. The number of fused-ring (bicyclic) bond motifs is 2. The van der Waals surface area contributed by atoms with E-state index in [1.54, 1.807) is 0 Å². The molecule has 0 amide bonds. The molecule has 0 heterocycles. The summed E-state index contributed by atoms with van der Waals surface area (Å²) >= 11 is 2.44. The van der Waals surface area contributed by atoms with Crippen molar-refractivity contribution in [3.8, 4) is 0 Å². The first-order valence-electron chi connectivity index (χ1n) is 4.88. The molecule has 0 aromatic heterocycles. The van der Waals surface area contributed by atoms with E-state index >= 15 is 0 Å². The Morgan fingerprint density at radius 1 is 1.33 bits per heavy atom. The third-order valence-electron chi connectivity index (χ3n) is 4.88. The zero-order chi connectivity index (χ0) is 8.98. The van der Waals surface area contributed by atoms with E-state index in [4.69, 9.17) is 3.79 Å². The van der Waals surface area contributed by atoms with E-state index in [-0.39, 0.29) is 0 Å². The van der Waals surface area contributed by atoms with E-state index in [0.29, 0.717) is 16.9 Å². The van der Waals surface area contributed by atoms with Gasteiger partial charge in [0.15, 0.2) is 0 Å². The lowest BCUT2D eigenvalue weighted by atomic mass is 9.70. The molecule has 3 atom stereocenters. The van der Waals surface area contributed by atoms with Crippen LogP contribution < -0.4 is 0 Å².